The van der Waals surface area contributed by atoms with Crippen LogP contribution in [0.1, 0.15) is 11.1 Å². The minimum absolute atomic E-state index is 0.137. The van der Waals surface area contributed by atoms with Crippen molar-refractivity contribution in [3.05, 3.63) is 41.5 Å². The van der Waals surface area contributed by atoms with E-state index in [1.54, 1.807) is 24.3 Å². The van der Waals surface area contributed by atoms with Gasteiger partial charge in [-0.05, 0) is 5.56 Å². The van der Waals surface area contributed by atoms with Crippen molar-refractivity contribution in [3.63, 3.8) is 0 Å². The second-order valence-electron chi connectivity index (χ2n) is 2.94. The predicted octanol–water partition coefficient (Wildman–Crippen LogP) is 0.0341. The van der Waals surface area contributed by atoms with Gasteiger partial charge in [0, 0.05) is 18.2 Å². The van der Waals surface area contributed by atoms with E-state index in [4.69, 9.17) is 11.6 Å². The third kappa shape index (κ3) is 3.08. The number of hydrogen-bond donors (Lipinski definition) is 4. The molecule has 0 bridgehead atoms. The predicted molar refractivity (Wildman–Crippen MR) is 57.3 cm³/mol. The van der Waals surface area contributed by atoms with Gasteiger partial charge in [-0.15, -0.1) is 0 Å². The Labute approximate surface area is 87.4 Å². The van der Waals surface area contributed by atoms with E-state index in [-0.39, 0.29) is 5.76 Å². The minimum Gasteiger partial charge on any atom is -0.507 e. The third-order valence-electron chi connectivity index (χ3n) is 1.90. The smallest absolute Gasteiger partial charge is 0.261 e. The van der Waals surface area contributed by atoms with Gasteiger partial charge in [-0.3, -0.25) is 10.2 Å². The number of rotatable bonds is 3. The molecule has 0 atom stereocenters. The van der Waals surface area contributed by atoms with Crippen LogP contribution in [0.4, 0.5) is 0 Å². The zero-order chi connectivity index (χ0) is 11.3. The highest BCUT2D eigenvalue weighted by Crippen LogP contribution is 2.11. The fourth-order valence-electron chi connectivity index (χ4n) is 1.06. The van der Waals surface area contributed by atoms with Crippen LogP contribution in [0.2, 0.25) is 0 Å². The quantitative estimate of drug-likeness (QED) is 0.185. The lowest BCUT2D eigenvalue weighted by Crippen LogP contribution is -2.28. The van der Waals surface area contributed by atoms with Gasteiger partial charge in [-0.25, -0.2) is 5.84 Å². The SMILES string of the molecule is NCc1ccc(/C(O)=C\C(=O)NN)cc1. The second-order valence-corrected chi connectivity index (χ2v) is 2.94. The summed E-state index contributed by atoms with van der Waals surface area (Å²) < 4.78 is 0. The highest BCUT2D eigenvalue weighted by Gasteiger charge is 2.01. The average molecular weight is 207 g/mol. The van der Waals surface area contributed by atoms with Crippen molar-refractivity contribution in [2.24, 2.45) is 11.6 Å². The lowest BCUT2D eigenvalue weighted by Gasteiger charge is -2.01. The van der Waals surface area contributed by atoms with Gasteiger partial charge in [0.1, 0.15) is 5.76 Å². The van der Waals surface area contributed by atoms with E-state index >= 15 is 0 Å². The number of aliphatic hydroxyl groups is 1. The molecule has 0 unspecified atom stereocenters. The summed E-state index contributed by atoms with van der Waals surface area (Å²) in [5.41, 5.74) is 8.80. The first-order valence-corrected chi connectivity index (χ1v) is 4.38. The van der Waals surface area contributed by atoms with E-state index in [0.29, 0.717) is 12.1 Å². The van der Waals surface area contributed by atoms with Crippen molar-refractivity contribution < 1.29 is 9.90 Å². The number of nitrogens with one attached hydrogen (secondary N) is 1. The molecule has 0 aliphatic rings. The molecule has 5 heteroatoms. The zero-order valence-corrected chi connectivity index (χ0v) is 8.10. The molecule has 0 saturated heterocycles. The molecule has 0 saturated carbocycles. The average Bonchev–Trinajstić information content (AvgIpc) is 2.29. The highest BCUT2D eigenvalue weighted by molar-refractivity contribution is 5.93. The molecule has 0 aliphatic heterocycles. The van der Waals surface area contributed by atoms with Crippen molar-refractivity contribution in [1.82, 2.24) is 5.43 Å². The summed E-state index contributed by atoms with van der Waals surface area (Å²) in [5, 5.41) is 9.50. The summed E-state index contributed by atoms with van der Waals surface area (Å²) in [5.74, 6) is 4.17. The first-order chi connectivity index (χ1) is 7.17. The molecule has 6 N–H and O–H groups in total. The summed E-state index contributed by atoms with van der Waals surface area (Å²) in [4.78, 5) is 10.8. The Balaban J connectivity index is 2.87. The van der Waals surface area contributed by atoms with E-state index in [1.807, 2.05) is 5.43 Å². The Morgan fingerprint density at radius 2 is 2.00 bits per heavy atom. The summed E-state index contributed by atoms with van der Waals surface area (Å²) in [7, 11) is 0. The fraction of sp³-hybridized carbons (Fsp3) is 0.100. The number of nitrogens with two attached hydrogens (primary N) is 2. The molecule has 0 aliphatic carbocycles. The summed E-state index contributed by atoms with van der Waals surface area (Å²) in [6.07, 6.45) is 1.01. The Morgan fingerprint density at radius 1 is 1.40 bits per heavy atom. The van der Waals surface area contributed by atoms with Crippen molar-refractivity contribution in [3.8, 4) is 0 Å². The maximum atomic E-state index is 10.8. The second kappa shape index (κ2) is 5.14. The number of carbonyl (C=O) groups is 1. The van der Waals surface area contributed by atoms with Crippen LogP contribution < -0.4 is 17.0 Å². The molecule has 0 spiro atoms. The molecule has 1 aromatic carbocycles. The molecule has 5 nitrogen and oxygen atoms in total. The van der Waals surface area contributed by atoms with Crippen LogP contribution in [-0.4, -0.2) is 11.0 Å². The van der Waals surface area contributed by atoms with Gasteiger partial charge < -0.3 is 10.8 Å². The van der Waals surface area contributed by atoms with E-state index in [2.05, 4.69) is 0 Å². The van der Waals surface area contributed by atoms with E-state index in [9.17, 15) is 9.90 Å². The van der Waals surface area contributed by atoms with Gasteiger partial charge in [0.25, 0.3) is 5.91 Å². The molecule has 1 rings (SSSR count). The van der Waals surface area contributed by atoms with Crippen LogP contribution in [0, 0.1) is 0 Å². The Hall–Kier alpha value is -1.85. The standard InChI is InChI=1S/C10H13N3O2/c11-6-7-1-3-8(4-2-7)9(14)5-10(15)13-12/h1-5,14H,6,11-12H2,(H,13,15)/b9-5+. The van der Waals surface area contributed by atoms with Crippen molar-refractivity contribution in [2.45, 2.75) is 6.54 Å². The van der Waals surface area contributed by atoms with Crippen LogP contribution in [-0.2, 0) is 11.3 Å². The largest absolute Gasteiger partial charge is 0.507 e. The molecule has 0 heterocycles. The van der Waals surface area contributed by atoms with Crippen LogP contribution in [0.25, 0.3) is 5.76 Å². The first-order valence-electron chi connectivity index (χ1n) is 4.38. The van der Waals surface area contributed by atoms with Crippen LogP contribution >= 0.6 is 0 Å². The van der Waals surface area contributed by atoms with Crippen LogP contribution in [0.15, 0.2) is 30.3 Å². The highest BCUT2D eigenvalue weighted by atomic mass is 16.3. The summed E-state index contributed by atoms with van der Waals surface area (Å²) in [6.45, 7) is 0.439. The monoisotopic (exact) mass is 207 g/mol. The number of hydrazine groups is 1. The molecular weight excluding hydrogens is 194 g/mol. The van der Waals surface area contributed by atoms with Gasteiger partial charge in [0.05, 0.1) is 0 Å². The van der Waals surface area contributed by atoms with Gasteiger partial charge in [0.15, 0.2) is 0 Å². The number of aliphatic hydroxyl groups excluding tert-OH is 1. The third-order valence-corrected chi connectivity index (χ3v) is 1.90. The van der Waals surface area contributed by atoms with Crippen molar-refractivity contribution in [2.75, 3.05) is 0 Å². The Bertz CT molecular complexity index is 371. The minimum atomic E-state index is -0.560. The van der Waals surface area contributed by atoms with Gasteiger partial charge in [-0.1, -0.05) is 24.3 Å². The topological polar surface area (TPSA) is 101 Å². The number of hydrogen-bond acceptors (Lipinski definition) is 4. The lowest BCUT2D eigenvalue weighted by atomic mass is 10.1. The van der Waals surface area contributed by atoms with Gasteiger partial charge in [-0.2, -0.15) is 0 Å². The Morgan fingerprint density at radius 3 is 2.47 bits per heavy atom. The Kier molecular flexibility index (Phi) is 3.84. The fourth-order valence-corrected chi connectivity index (χ4v) is 1.06. The maximum absolute atomic E-state index is 10.8. The molecule has 1 aromatic rings. The van der Waals surface area contributed by atoms with E-state index < -0.39 is 5.91 Å². The number of benzene rings is 1. The molecule has 80 valence electrons. The van der Waals surface area contributed by atoms with Crippen LogP contribution in [0.5, 0.6) is 0 Å². The maximum Gasteiger partial charge on any atom is 0.261 e. The molecule has 0 fully saturated rings. The first kappa shape index (κ1) is 11.2. The zero-order valence-electron chi connectivity index (χ0n) is 8.10. The molecule has 0 aromatic heterocycles. The van der Waals surface area contributed by atoms with Crippen LogP contribution in [0.3, 0.4) is 0 Å². The molecule has 1 amide bonds. The number of amides is 1. The summed E-state index contributed by atoms with van der Waals surface area (Å²) >= 11 is 0. The molecule has 0 radical (unpaired) electrons. The van der Waals surface area contributed by atoms with E-state index in [0.717, 1.165) is 11.6 Å². The van der Waals surface area contributed by atoms with Gasteiger partial charge in [0.2, 0.25) is 0 Å². The lowest BCUT2D eigenvalue weighted by molar-refractivity contribution is -0.116. The molecular formula is C10H13N3O2. The van der Waals surface area contributed by atoms with Crippen molar-refractivity contribution in [1.29, 1.82) is 0 Å². The van der Waals surface area contributed by atoms with Gasteiger partial charge >= 0.3 is 0 Å². The van der Waals surface area contributed by atoms with Crippen molar-refractivity contribution >= 4 is 11.7 Å². The number of carbonyl (C=O) groups excluding carboxylic acids is 1. The molecule has 15 heavy (non-hydrogen) atoms. The normalized spacial score (nSPS) is 11.2. The van der Waals surface area contributed by atoms with E-state index in [1.165, 1.54) is 0 Å². The summed E-state index contributed by atoms with van der Waals surface area (Å²) in [6, 6.07) is 6.91.